The Kier molecular flexibility index (Phi) is 4.46. The Hall–Kier alpha value is -4.08. The monoisotopic (exact) mass is 435 g/mol. The third kappa shape index (κ3) is 3.17. The van der Waals surface area contributed by atoms with E-state index in [9.17, 15) is 10.5 Å². The van der Waals surface area contributed by atoms with Gasteiger partial charge in [0.25, 0.3) is 0 Å². The number of hydrogen-bond donors (Lipinski definition) is 1. The third-order valence-corrected chi connectivity index (χ3v) is 6.69. The maximum atomic E-state index is 9.38. The van der Waals surface area contributed by atoms with Crippen molar-refractivity contribution in [3.8, 4) is 34.9 Å². The van der Waals surface area contributed by atoms with Crippen LogP contribution < -0.4 is 5.32 Å². The van der Waals surface area contributed by atoms with Crippen LogP contribution in [0.1, 0.15) is 25.0 Å². The molecule has 0 unspecified atom stereocenters. The van der Waals surface area contributed by atoms with Crippen molar-refractivity contribution < 1.29 is 0 Å². The average molecular weight is 435 g/mol. The zero-order valence-electron chi connectivity index (χ0n) is 17.9. The van der Waals surface area contributed by atoms with Crippen LogP contribution in [-0.4, -0.2) is 36.1 Å². The highest BCUT2D eigenvalue weighted by Gasteiger charge is 2.46. The molecule has 1 aliphatic heterocycles. The fourth-order valence-electron chi connectivity index (χ4n) is 4.94. The number of nitriles is 2. The molecule has 5 heterocycles. The lowest BCUT2D eigenvalue weighted by Crippen LogP contribution is -2.46. The standard InChI is InChI=1S/C24H21N9/c25-5-4-24(12-16(13-24)14-26)33-8-3-19(31-33)23-18-2-1-6-28-20(18)11-21(29-23)22-10-17-15-27-7-9-32(17)30-22/h1-3,6,8,10-11,16,27H,4,7,9,12-13,15H2. The molecule has 0 radical (unpaired) electrons. The first-order chi connectivity index (χ1) is 16.2. The first-order valence-electron chi connectivity index (χ1n) is 11.1. The molecule has 6 rings (SSSR count). The largest absolute Gasteiger partial charge is 0.309 e. The van der Waals surface area contributed by atoms with Gasteiger partial charge >= 0.3 is 0 Å². The zero-order chi connectivity index (χ0) is 22.4. The Morgan fingerprint density at radius 1 is 1.12 bits per heavy atom. The number of fused-ring (bicyclic) bond motifs is 2. The lowest BCUT2D eigenvalue weighted by molar-refractivity contribution is 0.0884. The van der Waals surface area contributed by atoms with E-state index in [4.69, 9.17) is 15.2 Å². The highest BCUT2D eigenvalue weighted by Crippen LogP contribution is 2.46. The highest BCUT2D eigenvalue weighted by molar-refractivity contribution is 5.93. The highest BCUT2D eigenvalue weighted by atomic mass is 15.3. The molecule has 0 aromatic carbocycles. The van der Waals surface area contributed by atoms with E-state index in [1.54, 1.807) is 6.20 Å². The van der Waals surface area contributed by atoms with Crippen LogP contribution in [0.2, 0.25) is 0 Å². The molecule has 2 aliphatic rings. The fourth-order valence-corrected chi connectivity index (χ4v) is 4.94. The predicted octanol–water partition coefficient (Wildman–Crippen LogP) is 3.00. The van der Waals surface area contributed by atoms with E-state index in [1.165, 1.54) is 0 Å². The van der Waals surface area contributed by atoms with Crippen molar-refractivity contribution in [3.63, 3.8) is 0 Å². The van der Waals surface area contributed by atoms with Gasteiger partial charge in [0.15, 0.2) is 0 Å². The maximum absolute atomic E-state index is 9.38. The van der Waals surface area contributed by atoms with E-state index in [-0.39, 0.29) is 5.92 Å². The molecule has 162 valence electrons. The van der Waals surface area contributed by atoms with E-state index in [0.717, 1.165) is 59.0 Å². The normalized spacial score (nSPS) is 21.7. The fraction of sp³-hybridized carbons (Fsp3) is 0.333. The summed E-state index contributed by atoms with van der Waals surface area (Å²) in [5, 5.41) is 32.5. The Labute approximate surface area is 190 Å². The van der Waals surface area contributed by atoms with Crippen molar-refractivity contribution in [1.82, 2.24) is 34.8 Å². The number of nitrogens with one attached hydrogen (secondary N) is 1. The maximum Gasteiger partial charge on any atom is 0.111 e. The summed E-state index contributed by atoms with van der Waals surface area (Å²) in [5.41, 5.74) is 4.58. The first kappa shape index (κ1) is 19.6. The van der Waals surface area contributed by atoms with Crippen molar-refractivity contribution in [2.24, 2.45) is 5.92 Å². The summed E-state index contributed by atoms with van der Waals surface area (Å²) in [7, 11) is 0. The van der Waals surface area contributed by atoms with Crippen molar-refractivity contribution in [2.45, 2.75) is 37.9 Å². The topological polar surface area (TPSA) is 121 Å². The molecule has 4 aromatic rings. The van der Waals surface area contributed by atoms with Gasteiger partial charge in [-0.2, -0.15) is 20.7 Å². The molecule has 9 heteroatoms. The molecule has 0 saturated heterocycles. The average Bonchev–Trinajstić information content (AvgIpc) is 3.48. The molecule has 1 saturated carbocycles. The second kappa shape index (κ2) is 7.51. The molecule has 1 aliphatic carbocycles. The van der Waals surface area contributed by atoms with Crippen LogP contribution in [0.15, 0.2) is 42.7 Å². The van der Waals surface area contributed by atoms with Gasteiger partial charge in [-0.1, -0.05) is 0 Å². The second-order valence-electron chi connectivity index (χ2n) is 8.79. The lowest BCUT2D eigenvalue weighted by atomic mass is 9.67. The van der Waals surface area contributed by atoms with Crippen molar-refractivity contribution in [1.29, 1.82) is 10.5 Å². The number of hydrogen-bond acceptors (Lipinski definition) is 7. The van der Waals surface area contributed by atoms with Gasteiger partial charge in [-0.25, -0.2) is 4.98 Å². The van der Waals surface area contributed by atoms with E-state index >= 15 is 0 Å². The molecule has 0 amide bonds. The van der Waals surface area contributed by atoms with Gasteiger partial charge in [0.05, 0.1) is 53.5 Å². The van der Waals surface area contributed by atoms with E-state index in [1.807, 2.05) is 39.8 Å². The van der Waals surface area contributed by atoms with Gasteiger partial charge in [-0.3, -0.25) is 14.3 Å². The Balaban J connectivity index is 1.45. The van der Waals surface area contributed by atoms with Gasteiger partial charge in [0.1, 0.15) is 17.1 Å². The molecule has 0 bridgehead atoms. The molecule has 0 spiro atoms. The van der Waals surface area contributed by atoms with Crippen molar-refractivity contribution in [3.05, 3.63) is 48.4 Å². The quantitative estimate of drug-likeness (QED) is 0.523. The summed E-state index contributed by atoms with van der Waals surface area (Å²) in [6.07, 6.45) is 5.29. The minimum atomic E-state index is -0.422. The summed E-state index contributed by atoms with van der Waals surface area (Å²) in [5.74, 6) is -0.0288. The summed E-state index contributed by atoms with van der Waals surface area (Å²) < 4.78 is 3.88. The Bertz CT molecular complexity index is 1420. The second-order valence-corrected chi connectivity index (χ2v) is 8.79. The molecule has 33 heavy (non-hydrogen) atoms. The molecular formula is C24H21N9. The summed E-state index contributed by atoms with van der Waals surface area (Å²) in [6.45, 7) is 2.53. The number of aromatic nitrogens is 6. The van der Waals surface area contributed by atoms with Crippen LogP contribution >= 0.6 is 0 Å². The van der Waals surface area contributed by atoms with Crippen LogP contribution in [0.5, 0.6) is 0 Å². The summed E-state index contributed by atoms with van der Waals surface area (Å²) in [6, 6.07) is 14.4. The molecule has 9 nitrogen and oxygen atoms in total. The predicted molar refractivity (Wildman–Crippen MR) is 120 cm³/mol. The molecular weight excluding hydrogens is 414 g/mol. The van der Waals surface area contributed by atoms with E-state index in [2.05, 4.69) is 28.5 Å². The molecule has 1 fully saturated rings. The summed E-state index contributed by atoms with van der Waals surface area (Å²) in [4.78, 5) is 9.54. The molecule has 0 atom stereocenters. The Morgan fingerprint density at radius 3 is 2.85 bits per heavy atom. The van der Waals surface area contributed by atoms with Crippen LogP contribution in [-0.2, 0) is 18.6 Å². The SMILES string of the molecule is N#CCC1(n2ccc(-c3nc(-c4cc5n(n4)CCNC5)cc4ncccc34)n2)CC(C#N)C1. The van der Waals surface area contributed by atoms with Crippen LogP contribution in [0.3, 0.4) is 0 Å². The molecule has 1 N–H and O–H groups in total. The van der Waals surface area contributed by atoms with Gasteiger partial charge in [0, 0.05) is 30.9 Å². The Morgan fingerprint density at radius 2 is 2.03 bits per heavy atom. The smallest absolute Gasteiger partial charge is 0.111 e. The van der Waals surface area contributed by atoms with Crippen LogP contribution in [0, 0.1) is 28.6 Å². The van der Waals surface area contributed by atoms with Gasteiger partial charge in [0.2, 0.25) is 0 Å². The minimum Gasteiger partial charge on any atom is -0.309 e. The van der Waals surface area contributed by atoms with E-state index < -0.39 is 5.54 Å². The lowest BCUT2D eigenvalue weighted by Gasteiger charge is -2.43. The molecule has 4 aromatic heterocycles. The van der Waals surface area contributed by atoms with Gasteiger partial charge < -0.3 is 5.32 Å². The zero-order valence-corrected chi connectivity index (χ0v) is 17.9. The minimum absolute atomic E-state index is 0.0288. The van der Waals surface area contributed by atoms with Crippen molar-refractivity contribution in [2.75, 3.05) is 6.54 Å². The first-order valence-corrected chi connectivity index (χ1v) is 11.1. The van der Waals surface area contributed by atoms with Gasteiger partial charge in [-0.15, -0.1) is 0 Å². The number of nitrogens with zero attached hydrogens (tertiary/aromatic N) is 8. The number of rotatable bonds is 4. The van der Waals surface area contributed by atoms with E-state index in [0.29, 0.717) is 19.3 Å². The van der Waals surface area contributed by atoms with Gasteiger partial charge in [-0.05, 0) is 43.2 Å². The number of pyridine rings is 2. The summed E-state index contributed by atoms with van der Waals surface area (Å²) >= 11 is 0. The van der Waals surface area contributed by atoms with Crippen molar-refractivity contribution >= 4 is 10.9 Å². The van der Waals surface area contributed by atoms with Crippen LogP contribution in [0.4, 0.5) is 0 Å². The third-order valence-electron chi connectivity index (χ3n) is 6.69. The van der Waals surface area contributed by atoms with Crippen LogP contribution in [0.25, 0.3) is 33.7 Å².